The van der Waals surface area contributed by atoms with Crippen LogP contribution in [0.4, 0.5) is 5.69 Å². The van der Waals surface area contributed by atoms with Crippen molar-refractivity contribution in [3.05, 3.63) is 50.6 Å². The number of halogens is 1. The third kappa shape index (κ3) is 3.58. The molecule has 1 aromatic heterocycles. The van der Waals surface area contributed by atoms with Crippen molar-refractivity contribution in [2.24, 2.45) is 0 Å². The normalized spacial score (nSPS) is 10.3. The van der Waals surface area contributed by atoms with Gasteiger partial charge < -0.3 is 10.4 Å². The number of aliphatic carboxylic acids is 1. The maximum Gasteiger partial charge on any atom is 0.308 e. The van der Waals surface area contributed by atoms with Crippen molar-refractivity contribution >= 4 is 38.9 Å². The van der Waals surface area contributed by atoms with Crippen molar-refractivity contribution in [1.29, 1.82) is 0 Å². The van der Waals surface area contributed by atoms with Crippen LogP contribution in [0, 0.1) is 0 Å². The molecule has 0 spiro atoms. The monoisotopic (exact) mass is 325 g/mol. The number of para-hydroxylation sites is 1. The summed E-state index contributed by atoms with van der Waals surface area (Å²) in [6.45, 7) is 0.701. The van der Waals surface area contributed by atoms with E-state index in [2.05, 4.69) is 21.2 Å². The van der Waals surface area contributed by atoms with E-state index in [-0.39, 0.29) is 6.42 Å². The molecular weight excluding hydrogens is 314 g/mol. The van der Waals surface area contributed by atoms with Crippen LogP contribution in [0.1, 0.15) is 9.75 Å². The molecule has 2 rings (SSSR count). The Labute approximate surface area is 118 Å². The number of thiophene rings is 1. The average Bonchev–Trinajstić information content (AvgIpc) is 2.75. The fourth-order valence-corrected chi connectivity index (χ4v) is 2.92. The molecular formula is C13H12BrNO2S. The summed E-state index contributed by atoms with van der Waals surface area (Å²) in [5.41, 5.74) is 1.03. The molecule has 0 amide bonds. The molecule has 0 unspecified atom stereocenters. The third-order valence-electron chi connectivity index (χ3n) is 2.37. The van der Waals surface area contributed by atoms with E-state index in [0.717, 1.165) is 19.9 Å². The Bertz CT molecular complexity index is 553. The lowest BCUT2D eigenvalue weighted by molar-refractivity contribution is -0.136. The average molecular weight is 326 g/mol. The van der Waals surface area contributed by atoms with E-state index in [1.165, 1.54) is 11.3 Å². The zero-order valence-electron chi connectivity index (χ0n) is 9.52. The Balaban J connectivity index is 1.96. The van der Waals surface area contributed by atoms with E-state index < -0.39 is 5.97 Å². The predicted molar refractivity (Wildman–Crippen MR) is 77.1 cm³/mol. The number of hydrogen-bond donors (Lipinski definition) is 2. The first kappa shape index (κ1) is 13.1. The maximum atomic E-state index is 10.6. The summed E-state index contributed by atoms with van der Waals surface area (Å²) < 4.78 is 1.02. The summed E-state index contributed by atoms with van der Waals surface area (Å²) in [5, 5.41) is 12.0. The van der Waals surface area contributed by atoms with E-state index in [0.29, 0.717) is 6.54 Å². The van der Waals surface area contributed by atoms with Gasteiger partial charge in [0, 0.05) is 26.5 Å². The zero-order valence-corrected chi connectivity index (χ0v) is 11.9. The Morgan fingerprint density at radius 3 is 2.67 bits per heavy atom. The van der Waals surface area contributed by atoms with Crippen LogP contribution in [-0.4, -0.2) is 11.1 Å². The third-order valence-corrected chi connectivity index (χ3v) is 4.15. The molecule has 0 fully saturated rings. The number of hydrogen-bond acceptors (Lipinski definition) is 3. The lowest BCUT2D eigenvalue weighted by Crippen LogP contribution is -1.98. The van der Waals surface area contributed by atoms with Crippen LogP contribution in [0.2, 0.25) is 0 Å². The summed E-state index contributed by atoms with van der Waals surface area (Å²) in [7, 11) is 0. The molecule has 0 bridgehead atoms. The van der Waals surface area contributed by atoms with E-state index in [1.54, 1.807) is 0 Å². The van der Waals surface area contributed by atoms with Crippen molar-refractivity contribution in [2.75, 3.05) is 5.32 Å². The van der Waals surface area contributed by atoms with Gasteiger partial charge in [0.1, 0.15) is 0 Å². The molecule has 3 nitrogen and oxygen atoms in total. The van der Waals surface area contributed by atoms with Crippen molar-refractivity contribution < 1.29 is 9.90 Å². The standard InChI is InChI=1S/C13H12BrNO2S/c14-11-3-1-2-4-12(11)15-8-10-6-5-9(18-10)7-13(16)17/h1-6,15H,7-8H2,(H,16,17). The number of nitrogens with one attached hydrogen (secondary N) is 1. The Morgan fingerprint density at radius 2 is 1.94 bits per heavy atom. The van der Waals surface area contributed by atoms with Gasteiger partial charge >= 0.3 is 5.97 Å². The maximum absolute atomic E-state index is 10.6. The molecule has 0 radical (unpaired) electrons. The number of benzene rings is 1. The van der Waals surface area contributed by atoms with Crippen LogP contribution >= 0.6 is 27.3 Å². The second kappa shape index (κ2) is 6.02. The molecule has 0 aliphatic rings. The predicted octanol–water partition coefficient (Wildman–Crippen LogP) is 3.75. The van der Waals surface area contributed by atoms with Gasteiger partial charge in [-0.15, -0.1) is 11.3 Å². The van der Waals surface area contributed by atoms with E-state index >= 15 is 0 Å². The van der Waals surface area contributed by atoms with Crippen molar-refractivity contribution in [2.45, 2.75) is 13.0 Å². The second-order valence-corrected chi connectivity index (χ2v) is 5.88. The Hall–Kier alpha value is -1.33. The van der Waals surface area contributed by atoms with Crippen LogP contribution in [0.5, 0.6) is 0 Å². The second-order valence-electron chi connectivity index (χ2n) is 3.77. The Morgan fingerprint density at radius 1 is 1.22 bits per heavy atom. The number of carbonyl (C=O) groups is 1. The van der Waals surface area contributed by atoms with Gasteiger partial charge in [-0.3, -0.25) is 4.79 Å². The van der Waals surface area contributed by atoms with Crippen LogP contribution in [0.3, 0.4) is 0 Å². The largest absolute Gasteiger partial charge is 0.481 e. The number of anilines is 1. The van der Waals surface area contributed by atoms with Gasteiger partial charge in [-0.2, -0.15) is 0 Å². The molecule has 0 atom stereocenters. The summed E-state index contributed by atoms with van der Waals surface area (Å²) >= 11 is 5.00. The van der Waals surface area contributed by atoms with Crippen LogP contribution in [0.15, 0.2) is 40.9 Å². The highest BCUT2D eigenvalue weighted by Crippen LogP contribution is 2.23. The molecule has 5 heteroatoms. The summed E-state index contributed by atoms with van der Waals surface area (Å²) in [4.78, 5) is 12.6. The van der Waals surface area contributed by atoms with Gasteiger partial charge in [0.25, 0.3) is 0 Å². The molecule has 0 aliphatic heterocycles. The van der Waals surface area contributed by atoms with Crippen molar-refractivity contribution in [3.8, 4) is 0 Å². The van der Waals surface area contributed by atoms with Crippen molar-refractivity contribution in [3.63, 3.8) is 0 Å². The first-order valence-corrected chi connectivity index (χ1v) is 7.04. The van der Waals surface area contributed by atoms with E-state index in [1.807, 2.05) is 36.4 Å². The minimum Gasteiger partial charge on any atom is -0.481 e. The molecule has 18 heavy (non-hydrogen) atoms. The lowest BCUT2D eigenvalue weighted by Gasteiger charge is -2.06. The van der Waals surface area contributed by atoms with Crippen LogP contribution < -0.4 is 5.32 Å². The zero-order chi connectivity index (χ0) is 13.0. The van der Waals surface area contributed by atoms with Gasteiger partial charge in [0.15, 0.2) is 0 Å². The molecule has 1 heterocycles. The molecule has 1 aromatic carbocycles. The fourth-order valence-electron chi connectivity index (χ4n) is 1.55. The highest BCUT2D eigenvalue weighted by Gasteiger charge is 2.05. The topological polar surface area (TPSA) is 49.3 Å². The van der Waals surface area contributed by atoms with Gasteiger partial charge in [0.05, 0.1) is 6.42 Å². The van der Waals surface area contributed by atoms with E-state index in [9.17, 15) is 4.79 Å². The quantitative estimate of drug-likeness (QED) is 0.880. The SMILES string of the molecule is O=C(O)Cc1ccc(CNc2ccccc2Br)s1. The fraction of sp³-hybridized carbons (Fsp3) is 0.154. The van der Waals surface area contributed by atoms with Gasteiger partial charge in [-0.05, 0) is 40.2 Å². The first-order chi connectivity index (χ1) is 8.65. The molecule has 0 saturated carbocycles. The summed E-state index contributed by atoms with van der Waals surface area (Å²) in [6.07, 6.45) is 0.0969. The molecule has 2 aromatic rings. The van der Waals surface area contributed by atoms with E-state index in [4.69, 9.17) is 5.11 Å². The van der Waals surface area contributed by atoms with Gasteiger partial charge in [-0.1, -0.05) is 12.1 Å². The molecule has 94 valence electrons. The minimum absolute atomic E-state index is 0.0969. The van der Waals surface area contributed by atoms with Crippen LogP contribution in [-0.2, 0) is 17.8 Å². The number of rotatable bonds is 5. The van der Waals surface area contributed by atoms with Crippen LogP contribution in [0.25, 0.3) is 0 Å². The minimum atomic E-state index is -0.790. The first-order valence-electron chi connectivity index (χ1n) is 5.43. The molecule has 2 N–H and O–H groups in total. The number of carboxylic acid groups (broad SMARTS) is 1. The van der Waals surface area contributed by atoms with Gasteiger partial charge in [0.2, 0.25) is 0 Å². The highest BCUT2D eigenvalue weighted by atomic mass is 79.9. The highest BCUT2D eigenvalue weighted by molar-refractivity contribution is 9.10. The summed E-state index contributed by atoms with van der Waals surface area (Å²) in [6, 6.07) is 11.7. The number of carboxylic acids is 1. The lowest BCUT2D eigenvalue weighted by atomic mass is 10.3. The van der Waals surface area contributed by atoms with Crippen molar-refractivity contribution in [1.82, 2.24) is 0 Å². The molecule has 0 saturated heterocycles. The smallest absolute Gasteiger partial charge is 0.308 e. The summed E-state index contributed by atoms with van der Waals surface area (Å²) in [5.74, 6) is -0.790. The van der Waals surface area contributed by atoms with Gasteiger partial charge in [-0.25, -0.2) is 0 Å². The molecule has 0 aliphatic carbocycles. The Kier molecular flexibility index (Phi) is 4.38.